The molecule has 1 aliphatic carbocycles. The van der Waals surface area contributed by atoms with Gasteiger partial charge >= 0.3 is 0 Å². The van der Waals surface area contributed by atoms with Crippen molar-refractivity contribution in [2.24, 2.45) is 11.8 Å². The number of amides is 2. The van der Waals surface area contributed by atoms with E-state index in [0.717, 1.165) is 42.5 Å². The SMILES string of the molecule is C=CCNC(=O)C1CCC(C(=O)Nc2cc(C)ccc2C)CC1. The van der Waals surface area contributed by atoms with Crippen LogP contribution in [0.3, 0.4) is 0 Å². The molecule has 0 aromatic heterocycles. The van der Waals surface area contributed by atoms with Crippen LogP contribution in [0.4, 0.5) is 5.69 Å². The van der Waals surface area contributed by atoms with Crippen molar-refractivity contribution in [2.75, 3.05) is 11.9 Å². The van der Waals surface area contributed by atoms with Gasteiger partial charge in [0.1, 0.15) is 0 Å². The van der Waals surface area contributed by atoms with Gasteiger partial charge in [-0.3, -0.25) is 9.59 Å². The Morgan fingerprint density at radius 2 is 1.74 bits per heavy atom. The summed E-state index contributed by atoms with van der Waals surface area (Å²) in [6, 6.07) is 6.06. The molecule has 1 saturated carbocycles. The fourth-order valence-electron chi connectivity index (χ4n) is 3.04. The highest BCUT2D eigenvalue weighted by Crippen LogP contribution is 2.30. The topological polar surface area (TPSA) is 58.2 Å². The Morgan fingerprint density at radius 3 is 2.35 bits per heavy atom. The molecule has 124 valence electrons. The van der Waals surface area contributed by atoms with Crippen molar-refractivity contribution in [3.05, 3.63) is 42.0 Å². The molecule has 1 fully saturated rings. The van der Waals surface area contributed by atoms with Crippen LogP contribution in [-0.4, -0.2) is 18.4 Å². The molecule has 1 aromatic carbocycles. The summed E-state index contributed by atoms with van der Waals surface area (Å²) in [4.78, 5) is 24.4. The van der Waals surface area contributed by atoms with Crippen molar-refractivity contribution in [3.63, 3.8) is 0 Å². The fourth-order valence-corrected chi connectivity index (χ4v) is 3.04. The first-order valence-corrected chi connectivity index (χ1v) is 8.28. The molecule has 0 heterocycles. The molecule has 23 heavy (non-hydrogen) atoms. The molecule has 4 nitrogen and oxygen atoms in total. The Kier molecular flexibility index (Phi) is 5.97. The van der Waals surface area contributed by atoms with Gasteiger partial charge in [0.05, 0.1) is 0 Å². The van der Waals surface area contributed by atoms with E-state index in [1.54, 1.807) is 6.08 Å². The Morgan fingerprint density at radius 1 is 1.13 bits per heavy atom. The molecule has 0 radical (unpaired) electrons. The van der Waals surface area contributed by atoms with Crippen molar-refractivity contribution in [1.82, 2.24) is 5.32 Å². The minimum atomic E-state index is -0.00151. The van der Waals surface area contributed by atoms with Gasteiger partial charge in [-0.05, 0) is 56.7 Å². The third kappa shape index (κ3) is 4.68. The first kappa shape index (κ1) is 17.3. The number of anilines is 1. The summed E-state index contributed by atoms with van der Waals surface area (Å²) in [6.07, 6.45) is 4.76. The largest absolute Gasteiger partial charge is 0.352 e. The maximum Gasteiger partial charge on any atom is 0.227 e. The molecule has 0 atom stereocenters. The van der Waals surface area contributed by atoms with Gasteiger partial charge < -0.3 is 10.6 Å². The fraction of sp³-hybridized carbons (Fsp3) is 0.474. The Bertz CT molecular complexity index is 587. The van der Waals surface area contributed by atoms with Gasteiger partial charge in [0.2, 0.25) is 11.8 Å². The second kappa shape index (κ2) is 7.95. The smallest absolute Gasteiger partial charge is 0.227 e. The third-order valence-electron chi connectivity index (χ3n) is 4.54. The van der Waals surface area contributed by atoms with Gasteiger partial charge in [-0.15, -0.1) is 6.58 Å². The minimum Gasteiger partial charge on any atom is -0.352 e. The molecule has 0 bridgehead atoms. The van der Waals surface area contributed by atoms with E-state index in [2.05, 4.69) is 17.2 Å². The second-order valence-electron chi connectivity index (χ2n) is 6.39. The van der Waals surface area contributed by atoms with E-state index in [0.29, 0.717) is 6.54 Å². The summed E-state index contributed by atoms with van der Waals surface area (Å²) < 4.78 is 0. The van der Waals surface area contributed by atoms with Crippen molar-refractivity contribution >= 4 is 17.5 Å². The van der Waals surface area contributed by atoms with E-state index in [4.69, 9.17) is 0 Å². The maximum absolute atomic E-state index is 12.5. The molecule has 1 aliphatic rings. The summed E-state index contributed by atoms with van der Waals surface area (Å²) >= 11 is 0. The summed E-state index contributed by atoms with van der Waals surface area (Å²) in [7, 11) is 0. The van der Waals surface area contributed by atoms with Crippen molar-refractivity contribution in [3.8, 4) is 0 Å². The van der Waals surface area contributed by atoms with Crippen LogP contribution in [0.5, 0.6) is 0 Å². The highest BCUT2D eigenvalue weighted by Gasteiger charge is 2.29. The summed E-state index contributed by atoms with van der Waals surface area (Å²) in [5, 5.41) is 5.89. The van der Waals surface area contributed by atoms with Crippen LogP contribution >= 0.6 is 0 Å². The maximum atomic E-state index is 12.5. The molecule has 0 aliphatic heterocycles. The number of hydrogen-bond donors (Lipinski definition) is 2. The van der Waals surface area contributed by atoms with Crippen molar-refractivity contribution in [2.45, 2.75) is 39.5 Å². The van der Waals surface area contributed by atoms with Crippen LogP contribution in [-0.2, 0) is 9.59 Å². The lowest BCUT2D eigenvalue weighted by Crippen LogP contribution is -2.35. The molecule has 2 rings (SSSR count). The van der Waals surface area contributed by atoms with E-state index in [1.807, 2.05) is 32.0 Å². The van der Waals surface area contributed by atoms with Gasteiger partial charge in [-0.25, -0.2) is 0 Å². The van der Waals surface area contributed by atoms with Gasteiger partial charge in [-0.1, -0.05) is 18.2 Å². The average Bonchev–Trinajstić information content (AvgIpc) is 2.56. The van der Waals surface area contributed by atoms with E-state index in [1.165, 1.54) is 0 Å². The average molecular weight is 314 g/mol. The zero-order valence-electron chi connectivity index (χ0n) is 14.0. The highest BCUT2D eigenvalue weighted by atomic mass is 16.2. The minimum absolute atomic E-state index is 0.00151. The van der Waals surface area contributed by atoms with Gasteiger partial charge in [0, 0.05) is 24.1 Å². The number of rotatable bonds is 5. The third-order valence-corrected chi connectivity index (χ3v) is 4.54. The zero-order chi connectivity index (χ0) is 16.8. The molecule has 0 unspecified atom stereocenters. The quantitative estimate of drug-likeness (QED) is 0.819. The number of nitrogens with one attached hydrogen (secondary N) is 2. The van der Waals surface area contributed by atoms with Gasteiger partial charge in [0.25, 0.3) is 0 Å². The number of carbonyl (C=O) groups excluding carboxylic acids is 2. The standard InChI is InChI=1S/C19H26N2O2/c1-4-11-20-18(22)15-7-9-16(10-8-15)19(23)21-17-12-13(2)5-6-14(17)3/h4-6,12,15-16H,1,7-11H2,2-3H3,(H,20,22)(H,21,23). The summed E-state index contributed by atoms with van der Waals surface area (Å²) in [5.41, 5.74) is 3.09. The first-order chi connectivity index (χ1) is 11.0. The molecule has 2 amide bonds. The monoisotopic (exact) mass is 314 g/mol. The first-order valence-electron chi connectivity index (χ1n) is 8.28. The normalized spacial score (nSPS) is 20.6. The number of aryl methyl sites for hydroxylation is 2. The lowest BCUT2D eigenvalue weighted by Gasteiger charge is -2.27. The van der Waals surface area contributed by atoms with Crippen LogP contribution in [0.2, 0.25) is 0 Å². The predicted octanol–water partition coefficient (Wildman–Crippen LogP) is 3.35. The van der Waals surface area contributed by atoms with Crippen LogP contribution in [0, 0.1) is 25.7 Å². The van der Waals surface area contributed by atoms with E-state index < -0.39 is 0 Å². The lowest BCUT2D eigenvalue weighted by molar-refractivity contribution is -0.128. The molecule has 1 aromatic rings. The molecule has 2 N–H and O–H groups in total. The van der Waals surface area contributed by atoms with Crippen LogP contribution in [0.1, 0.15) is 36.8 Å². The van der Waals surface area contributed by atoms with E-state index in [9.17, 15) is 9.59 Å². The number of hydrogen-bond acceptors (Lipinski definition) is 2. The molecule has 4 heteroatoms. The number of carbonyl (C=O) groups is 2. The van der Waals surface area contributed by atoms with E-state index in [-0.39, 0.29) is 23.7 Å². The van der Waals surface area contributed by atoms with Crippen LogP contribution in [0.25, 0.3) is 0 Å². The highest BCUT2D eigenvalue weighted by molar-refractivity contribution is 5.93. The number of benzene rings is 1. The molecular weight excluding hydrogens is 288 g/mol. The van der Waals surface area contributed by atoms with Crippen molar-refractivity contribution in [1.29, 1.82) is 0 Å². The predicted molar refractivity (Wildman–Crippen MR) is 93.2 cm³/mol. The molecular formula is C19H26N2O2. The Hall–Kier alpha value is -2.10. The lowest BCUT2D eigenvalue weighted by atomic mass is 9.81. The summed E-state index contributed by atoms with van der Waals surface area (Å²) in [6.45, 7) is 8.12. The second-order valence-corrected chi connectivity index (χ2v) is 6.39. The summed E-state index contributed by atoms with van der Waals surface area (Å²) in [5.74, 6) is 0.181. The van der Waals surface area contributed by atoms with E-state index >= 15 is 0 Å². The Balaban J connectivity index is 1.87. The van der Waals surface area contributed by atoms with Crippen molar-refractivity contribution < 1.29 is 9.59 Å². The van der Waals surface area contributed by atoms with Crippen LogP contribution < -0.4 is 10.6 Å². The van der Waals surface area contributed by atoms with Gasteiger partial charge in [0.15, 0.2) is 0 Å². The van der Waals surface area contributed by atoms with Crippen LogP contribution in [0.15, 0.2) is 30.9 Å². The van der Waals surface area contributed by atoms with Gasteiger partial charge in [-0.2, -0.15) is 0 Å². The zero-order valence-corrected chi connectivity index (χ0v) is 14.0. The molecule has 0 spiro atoms. The molecule has 0 saturated heterocycles. The Labute approximate surface area is 138 Å².